The van der Waals surface area contributed by atoms with Crippen molar-refractivity contribution in [1.29, 1.82) is 0 Å². The summed E-state index contributed by atoms with van der Waals surface area (Å²) in [5.41, 5.74) is 10.7. The van der Waals surface area contributed by atoms with Crippen LogP contribution in [0.2, 0.25) is 0 Å². The second-order valence-corrected chi connectivity index (χ2v) is 10.9. The van der Waals surface area contributed by atoms with Crippen molar-refractivity contribution in [3.05, 3.63) is 133 Å². The highest BCUT2D eigenvalue weighted by Crippen LogP contribution is 2.54. The van der Waals surface area contributed by atoms with Crippen molar-refractivity contribution in [3.63, 3.8) is 0 Å². The zero-order valence-corrected chi connectivity index (χ0v) is 22.3. The van der Waals surface area contributed by atoms with Gasteiger partial charge < -0.3 is 4.57 Å². The van der Waals surface area contributed by atoms with Crippen LogP contribution in [-0.4, -0.2) is 19.5 Å². The second kappa shape index (κ2) is 8.45. The van der Waals surface area contributed by atoms with Gasteiger partial charge in [-0.15, -0.1) is 0 Å². The molecule has 4 heteroatoms. The maximum absolute atomic E-state index is 5.05. The Morgan fingerprint density at radius 1 is 0.600 bits per heavy atom. The van der Waals surface area contributed by atoms with Crippen LogP contribution in [-0.2, 0) is 5.41 Å². The number of fused-ring (bicyclic) bond motifs is 7. The normalized spacial score (nSPS) is 13.4. The topological polar surface area (TPSA) is 43.6 Å². The first kappa shape index (κ1) is 22.9. The Hall–Kier alpha value is -5.09. The third-order valence-corrected chi connectivity index (χ3v) is 8.26. The van der Waals surface area contributed by atoms with Gasteiger partial charge in [-0.25, -0.2) is 4.98 Å². The number of rotatable bonds is 3. The second-order valence-electron chi connectivity index (χ2n) is 10.9. The molecule has 0 N–H and O–H groups in total. The van der Waals surface area contributed by atoms with Crippen LogP contribution in [0.25, 0.3) is 61.4 Å². The van der Waals surface area contributed by atoms with Crippen molar-refractivity contribution in [2.24, 2.45) is 0 Å². The summed E-state index contributed by atoms with van der Waals surface area (Å²) in [5, 5.41) is 3.74. The highest BCUT2D eigenvalue weighted by atomic mass is 15.0. The molecule has 0 bridgehead atoms. The monoisotopic (exact) mass is 514 g/mol. The van der Waals surface area contributed by atoms with Crippen LogP contribution >= 0.6 is 0 Å². The molecule has 0 amide bonds. The van der Waals surface area contributed by atoms with Crippen molar-refractivity contribution in [2.45, 2.75) is 19.3 Å². The minimum absolute atomic E-state index is 0.140. The van der Waals surface area contributed by atoms with Crippen LogP contribution < -0.4 is 0 Å². The summed E-state index contributed by atoms with van der Waals surface area (Å²) >= 11 is 0. The maximum atomic E-state index is 5.05. The van der Waals surface area contributed by atoms with Gasteiger partial charge >= 0.3 is 0 Å². The van der Waals surface area contributed by atoms with Crippen molar-refractivity contribution in [3.8, 4) is 39.7 Å². The van der Waals surface area contributed by atoms with E-state index in [0.29, 0.717) is 0 Å². The summed E-state index contributed by atoms with van der Waals surface area (Å²) in [6, 6.07) is 38.3. The lowest BCUT2D eigenvalue weighted by Gasteiger charge is -2.21. The molecular formula is C36H26N4. The Morgan fingerprint density at radius 3 is 1.95 bits per heavy atom. The quantitative estimate of drug-likeness (QED) is 0.237. The lowest BCUT2D eigenvalue weighted by Crippen LogP contribution is -2.14. The molecule has 3 aromatic carbocycles. The summed E-state index contributed by atoms with van der Waals surface area (Å²) in [5.74, 6) is 0. The predicted octanol–water partition coefficient (Wildman–Crippen LogP) is 8.61. The van der Waals surface area contributed by atoms with Gasteiger partial charge in [0.05, 0.1) is 39.7 Å². The molecular weight excluding hydrogens is 488 g/mol. The molecule has 8 rings (SSSR count). The number of hydrogen-bond donors (Lipinski definition) is 0. The van der Waals surface area contributed by atoms with E-state index in [4.69, 9.17) is 4.98 Å². The van der Waals surface area contributed by atoms with E-state index in [2.05, 4.69) is 101 Å². The largest absolute Gasteiger partial charge is 0.308 e. The molecule has 0 aliphatic heterocycles. The average molecular weight is 515 g/mol. The molecule has 0 atom stereocenters. The first-order valence-corrected chi connectivity index (χ1v) is 13.6. The lowest BCUT2D eigenvalue weighted by atomic mass is 9.81. The molecule has 4 heterocycles. The summed E-state index contributed by atoms with van der Waals surface area (Å²) in [6.07, 6.45) is 3.64. The SMILES string of the molecule is CC1(C)c2ccccc2-c2c1c1ccc3ccccc3c1n2-c1cc(-c2ccccn2)nc(-c2ccccn2)c1. The number of pyridine rings is 3. The Labute approximate surface area is 232 Å². The van der Waals surface area contributed by atoms with E-state index in [0.717, 1.165) is 28.5 Å². The van der Waals surface area contributed by atoms with Crippen molar-refractivity contribution < 1.29 is 0 Å². The molecule has 7 aromatic rings. The predicted molar refractivity (Wildman–Crippen MR) is 163 cm³/mol. The van der Waals surface area contributed by atoms with Crippen molar-refractivity contribution >= 4 is 21.7 Å². The average Bonchev–Trinajstić information content (AvgIpc) is 3.49. The Balaban J connectivity index is 1.55. The molecule has 0 unspecified atom stereocenters. The van der Waals surface area contributed by atoms with Gasteiger partial charge in [-0.2, -0.15) is 0 Å². The van der Waals surface area contributed by atoms with Gasteiger partial charge in [-0.3, -0.25) is 9.97 Å². The Bertz CT molecular complexity index is 2010. The number of benzene rings is 3. The van der Waals surface area contributed by atoms with E-state index < -0.39 is 0 Å². The maximum Gasteiger partial charge on any atom is 0.0915 e. The summed E-state index contributed by atoms with van der Waals surface area (Å²) < 4.78 is 2.46. The molecule has 4 aromatic heterocycles. The van der Waals surface area contributed by atoms with Crippen LogP contribution in [0, 0.1) is 0 Å². The van der Waals surface area contributed by atoms with Gasteiger partial charge in [0.15, 0.2) is 0 Å². The van der Waals surface area contributed by atoms with E-state index in [1.165, 1.54) is 44.1 Å². The minimum Gasteiger partial charge on any atom is -0.308 e. The zero-order valence-electron chi connectivity index (χ0n) is 22.3. The fourth-order valence-corrected chi connectivity index (χ4v) is 6.50. The Morgan fingerprint density at radius 2 is 1.25 bits per heavy atom. The number of aromatic nitrogens is 4. The van der Waals surface area contributed by atoms with Gasteiger partial charge in [-0.1, -0.05) is 86.6 Å². The first-order chi connectivity index (χ1) is 19.6. The molecule has 190 valence electrons. The van der Waals surface area contributed by atoms with Crippen LogP contribution in [0.3, 0.4) is 0 Å². The third-order valence-electron chi connectivity index (χ3n) is 8.26. The van der Waals surface area contributed by atoms with E-state index in [1.54, 1.807) is 0 Å². The smallest absolute Gasteiger partial charge is 0.0915 e. The molecule has 4 nitrogen and oxygen atoms in total. The lowest BCUT2D eigenvalue weighted by molar-refractivity contribution is 0.666. The molecule has 0 saturated heterocycles. The van der Waals surface area contributed by atoms with Crippen molar-refractivity contribution in [2.75, 3.05) is 0 Å². The molecule has 40 heavy (non-hydrogen) atoms. The van der Waals surface area contributed by atoms with Gasteiger partial charge in [0, 0.05) is 34.1 Å². The van der Waals surface area contributed by atoms with Gasteiger partial charge in [0.25, 0.3) is 0 Å². The summed E-state index contributed by atoms with van der Waals surface area (Å²) in [6.45, 7) is 4.70. The van der Waals surface area contributed by atoms with Crippen LogP contribution in [0.1, 0.15) is 25.0 Å². The molecule has 1 aliphatic rings. The van der Waals surface area contributed by atoms with Crippen LogP contribution in [0.5, 0.6) is 0 Å². The van der Waals surface area contributed by atoms with Crippen LogP contribution in [0.15, 0.2) is 122 Å². The third kappa shape index (κ3) is 3.23. The van der Waals surface area contributed by atoms with Gasteiger partial charge in [0.1, 0.15) is 0 Å². The fraction of sp³-hybridized carbons (Fsp3) is 0.0833. The summed E-state index contributed by atoms with van der Waals surface area (Å²) in [4.78, 5) is 14.4. The van der Waals surface area contributed by atoms with Crippen LogP contribution in [0.4, 0.5) is 0 Å². The van der Waals surface area contributed by atoms with E-state index in [-0.39, 0.29) is 5.41 Å². The fourth-order valence-electron chi connectivity index (χ4n) is 6.50. The molecule has 0 saturated carbocycles. The molecule has 0 fully saturated rings. The van der Waals surface area contributed by atoms with E-state index >= 15 is 0 Å². The minimum atomic E-state index is -0.140. The first-order valence-electron chi connectivity index (χ1n) is 13.6. The molecule has 0 radical (unpaired) electrons. The van der Waals surface area contributed by atoms with Gasteiger partial charge in [0.2, 0.25) is 0 Å². The molecule has 0 spiro atoms. The van der Waals surface area contributed by atoms with E-state index in [1.807, 2.05) is 48.8 Å². The standard InChI is InChI=1S/C36H26N4/c1-36(2)28-14-6-5-13-26(28)35-33(36)27-18-17-23-11-3-4-12-25(23)34(27)40(35)24-21-31(29-15-7-9-19-37-29)39-32(22-24)30-16-8-10-20-38-30/h3-22H,1-2H3. The summed E-state index contributed by atoms with van der Waals surface area (Å²) in [7, 11) is 0. The Kier molecular flexibility index (Phi) is 4.83. The van der Waals surface area contributed by atoms with E-state index in [9.17, 15) is 0 Å². The highest BCUT2D eigenvalue weighted by molar-refractivity contribution is 6.12. The molecule has 1 aliphatic carbocycles. The zero-order chi connectivity index (χ0) is 26.8. The van der Waals surface area contributed by atoms with Crippen molar-refractivity contribution in [1.82, 2.24) is 19.5 Å². The van der Waals surface area contributed by atoms with Gasteiger partial charge in [-0.05, 0) is 52.9 Å². The highest BCUT2D eigenvalue weighted by Gasteiger charge is 2.40. The number of nitrogens with zero attached hydrogens (tertiary/aromatic N) is 4. The number of hydrogen-bond acceptors (Lipinski definition) is 3.